The second kappa shape index (κ2) is 6.41. The average Bonchev–Trinajstić information content (AvgIpc) is 2.29. The van der Waals surface area contributed by atoms with Crippen molar-refractivity contribution in [2.24, 2.45) is 5.92 Å². The number of nitriles is 1. The van der Waals surface area contributed by atoms with Crippen molar-refractivity contribution in [2.45, 2.75) is 20.0 Å². The van der Waals surface area contributed by atoms with Crippen molar-refractivity contribution < 1.29 is 10.2 Å². The van der Waals surface area contributed by atoms with Gasteiger partial charge in [-0.2, -0.15) is 5.26 Å². The van der Waals surface area contributed by atoms with Gasteiger partial charge in [-0.05, 0) is 41.8 Å². The van der Waals surface area contributed by atoms with E-state index in [0.717, 1.165) is 17.7 Å². The summed E-state index contributed by atoms with van der Waals surface area (Å²) in [4.78, 5) is 0. The van der Waals surface area contributed by atoms with E-state index >= 15 is 0 Å². The van der Waals surface area contributed by atoms with Crippen LogP contribution in [0.25, 0.3) is 0 Å². The molecule has 86 valence electrons. The first kappa shape index (κ1) is 12.9. The van der Waals surface area contributed by atoms with E-state index in [1.54, 1.807) is 6.07 Å². The zero-order valence-electron chi connectivity index (χ0n) is 9.18. The van der Waals surface area contributed by atoms with E-state index in [1.807, 2.05) is 12.1 Å². The number of hydrogen-bond donors (Lipinski definition) is 2. The molecule has 0 radical (unpaired) electrons. The summed E-state index contributed by atoms with van der Waals surface area (Å²) in [6.45, 7) is 1.93. The van der Waals surface area contributed by atoms with Crippen molar-refractivity contribution >= 4 is 11.8 Å². The van der Waals surface area contributed by atoms with Gasteiger partial charge in [0.25, 0.3) is 0 Å². The van der Waals surface area contributed by atoms with Gasteiger partial charge in [-0.25, -0.2) is 0 Å². The first-order valence-electron chi connectivity index (χ1n) is 5.10. The van der Waals surface area contributed by atoms with Crippen molar-refractivity contribution in [1.82, 2.24) is 0 Å². The summed E-state index contributed by atoms with van der Waals surface area (Å²) in [5.41, 5.74) is 1.63. The van der Waals surface area contributed by atoms with Gasteiger partial charge in [0.05, 0.1) is 6.61 Å². The fraction of sp³-hybridized carbons (Fsp3) is 0.417. The van der Waals surface area contributed by atoms with Crippen LogP contribution in [-0.4, -0.2) is 16.0 Å². The Morgan fingerprint density at radius 2 is 2.25 bits per heavy atom. The lowest BCUT2D eigenvalue weighted by Gasteiger charge is -2.10. The number of aromatic hydroxyl groups is 1. The Bertz CT molecular complexity index is 387. The van der Waals surface area contributed by atoms with Gasteiger partial charge in [-0.1, -0.05) is 13.0 Å². The van der Waals surface area contributed by atoms with Gasteiger partial charge >= 0.3 is 0 Å². The van der Waals surface area contributed by atoms with Gasteiger partial charge in [-0.15, -0.1) is 0 Å². The van der Waals surface area contributed by atoms with Gasteiger partial charge in [-0.3, -0.25) is 0 Å². The first-order chi connectivity index (χ1) is 7.67. The number of thioether (sulfide) groups is 1. The molecule has 0 aliphatic heterocycles. The molecule has 16 heavy (non-hydrogen) atoms. The SMILES string of the molecule is CC(CSC#N)Cc1ccc(O)c(CO)c1. The highest BCUT2D eigenvalue weighted by atomic mass is 32.2. The van der Waals surface area contributed by atoms with Gasteiger partial charge in [0, 0.05) is 11.3 Å². The molecule has 1 rings (SSSR count). The number of benzene rings is 1. The quantitative estimate of drug-likeness (QED) is 0.771. The van der Waals surface area contributed by atoms with Crippen molar-refractivity contribution in [3.63, 3.8) is 0 Å². The van der Waals surface area contributed by atoms with Crippen LogP contribution in [0.2, 0.25) is 0 Å². The first-order valence-corrected chi connectivity index (χ1v) is 6.08. The largest absolute Gasteiger partial charge is 0.508 e. The smallest absolute Gasteiger partial charge is 0.133 e. The summed E-state index contributed by atoms with van der Waals surface area (Å²) < 4.78 is 0. The highest BCUT2D eigenvalue weighted by Crippen LogP contribution is 2.21. The Morgan fingerprint density at radius 3 is 2.88 bits per heavy atom. The Kier molecular flexibility index (Phi) is 5.17. The molecule has 0 amide bonds. The van der Waals surface area contributed by atoms with E-state index in [2.05, 4.69) is 12.3 Å². The van der Waals surface area contributed by atoms with E-state index in [1.165, 1.54) is 11.8 Å². The number of aliphatic hydroxyl groups is 1. The number of hydrogen-bond acceptors (Lipinski definition) is 4. The van der Waals surface area contributed by atoms with Crippen LogP contribution >= 0.6 is 11.8 Å². The second-order valence-corrected chi connectivity index (χ2v) is 4.64. The van der Waals surface area contributed by atoms with Crippen molar-refractivity contribution in [2.75, 3.05) is 5.75 Å². The van der Waals surface area contributed by atoms with E-state index in [9.17, 15) is 5.11 Å². The Hall–Kier alpha value is -1.18. The molecule has 0 aromatic heterocycles. The number of rotatable bonds is 5. The fourth-order valence-corrected chi connectivity index (χ4v) is 2.01. The topological polar surface area (TPSA) is 64.2 Å². The summed E-state index contributed by atoms with van der Waals surface area (Å²) in [7, 11) is 0. The third-order valence-electron chi connectivity index (χ3n) is 2.33. The molecule has 1 atom stereocenters. The predicted octanol–water partition coefficient (Wildman–Crippen LogP) is 2.28. The predicted molar refractivity (Wildman–Crippen MR) is 65.0 cm³/mol. The molecular formula is C12H15NO2S. The molecule has 3 nitrogen and oxygen atoms in total. The molecule has 0 bridgehead atoms. The lowest BCUT2D eigenvalue weighted by molar-refractivity contribution is 0.275. The third kappa shape index (κ3) is 3.76. The van der Waals surface area contributed by atoms with Crippen molar-refractivity contribution in [1.29, 1.82) is 5.26 Å². The Morgan fingerprint density at radius 1 is 1.50 bits per heavy atom. The van der Waals surface area contributed by atoms with E-state index < -0.39 is 0 Å². The fourth-order valence-electron chi connectivity index (χ4n) is 1.53. The van der Waals surface area contributed by atoms with Gasteiger partial charge in [0.2, 0.25) is 0 Å². The van der Waals surface area contributed by atoms with E-state index in [-0.39, 0.29) is 12.4 Å². The maximum Gasteiger partial charge on any atom is 0.133 e. The van der Waals surface area contributed by atoms with E-state index in [0.29, 0.717) is 11.5 Å². The van der Waals surface area contributed by atoms with Crippen LogP contribution in [0, 0.1) is 16.6 Å². The number of aliphatic hydroxyl groups excluding tert-OH is 1. The lowest BCUT2D eigenvalue weighted by atomic mass is 10.0. The van der Waals surface area contributed by atoms with Crippen LogP contribution in [0.4, 0.5) is 0 Å². The van der Waals surface area contributed by atoms with Crippen LogP contribution in [0.1, 0.15) is 18.1 Å². The minimum Gasteiger partial charge on any atom is -0.508 e. The molecule has 0 saturated carbocycles. The van der Waals surface area contributed by atoms with Crippen LogP contribution in [-0.2, 0) is 13.0 Å². The summed E-state index contributed by atoms with van der Waals surface area (Å²) in [6.07, 6.45) is 0.849. The molecule has 4 heteroatoms. The molecule has 2 N–H and O–H groups in total. The standard InChI is InChI=1S/C12H15NO2S/c1-9(7-16-8-13)4-10-2-3-12(15)11(5-10)6-14/h2-3,5,9,14-15H,4,6-7H2,1H3. The van der Waals surface area contributed by atoms with Crippen molar-refractivity contribution in [3.05, 3.63) is 29.3 Å². The molecule has 0 saturated heterocycles. The molecule has 1 unspecified atom stereocenters. The van der Waals surface area contributed by atoms with Gasteiger partial charge < -0.3 is 10.2 Å². The number of thiocyanates is 1. The lowest BCUT2D eigenvalue weighted by Crippen LogP contribution is -2.03. The molecule has 0 spiro atoms. The minimum atomic E-state index is -0.152. The maximum absolute atomic E-state index is 9.40. The molecule has 1 aromatic carbocycles. The third-order valence-corrected chi connectivity index (χ3v) is 3.20. The zero-order valence-corrected chi connectivity index (χ0v) is 10.00. The van der Waals surface area contributed by atoms with E-state index in [4.69, 9.17) is 10.4 Å². The normalized spacial score (nSPS) is 12.1. The van der Waals surface area contributed by atoms with Crippen molar-refractivity contribution in [3.8, 4) is 11.2 Å². The Balaban J connectivity index is 2.64. The molecule has 0 heterocycles. The van der Waals surface area contributed by atoms with Crippen LogP contribution in [0.15, 0.2) is 18.2 Å². The van der Waals surface area contributed by atoms with Crippen LogP contribution in [0.5, 0.6) is 5.75 Å². The minimum absolute atomic E-state index is 0.130. The van der Waals surface area contributed by atoms with Gasteiger partial charge in [0.1, 0.15) is 11.2 Å². The Labute approximate surface area is 99.7 Å². The molecule has 1 aromatic rings. The molecule has 0 aliphatic rings. The van der Waals surface area contributed by atoms with Crippen LogP contribution in [0.3, 0.4) is 0 Å². The summed E-state index contributed by atoms with van der Waals surface area (Å²) in [6, 6.07) is 5.26. The van der Waals surface area contributed by atoms with Gasteiger partial charge in [0.15, 0.2) is 0 Å². The highest BCUT2D eigenvalue weighted by Gasteiger charge is 2.06. The summed E-state index contributed by atoms with van der Waals surface area (Å²) in [5, 5.41) is 28.9. The zero-order chi connectivity index (χ0) is 12.0. The highest BCUT2D eigenvalue weighted by molar-refractivity contribution is 8.03. The molecule has 0 aliphatic carbocycles. The maximum atomic E-state index is 9.40. The number of nitrogens with zero attached hydrogens (tertiary/aromatic N) is 1. The summed E-state index contributed by atoms with van der Waals surface area (Å²) in [5.74, 6) is 1.33. The van der Waals surface area contributed by atoms with Crippen LogP contribution < -0.4 is 0 Å². The number of phenols is 1. The monoisotopic (exact) mass is 237 g/mol. The molecular weight excluding hydrogens is 222 g/mol. The summed E-state index contributed by atoms with van der Waals surface area (Å²) >= 11 is 1.26. The average molecular weight is 237 g/mol. The molecule has 0 fully saturated rings. The second-order valence-electron chi connectivity index (χ2n) is 3.83.